The van der Waals surface area contributed by atoms with Crippen molar-refractivity contribution in [1.29, 1.82) is 0 Å². The van der Waals surface area contributed by atoms with Crippen LogP contribution in [0.15, 0.2) is 24.3 Å². The van der Waals surface area contributed by atoms with Gasteiger partial charge in [0.15, 0.2) is 0 Å². The molecule has 0 aromatic heterocycles. The quantitative estimate of drug-likeness (QED) is 0.835. The fourth-order valence-electron chi connectivity index (χ4n) is 3.37. The summed E-state index contributed by atoms with van der Waals surface area (Å²) in [5.41, 5.74) is 1.26. The van der Waals surface area contributed by atoms with Gasteiger partial charge in [0, 0.05) is 19.6 Å². The monoisotopic (exact) mass is 274 g/mol. The summed E-state index contributed by atoms with van der Waals surface area (Å²) in [6, 6.07) is 8.42. The van der Waals surface area contributed by atoms with Crippen molar-refractivity contribution in [2.75, 3.05) is 37.7 Å². The van der Waals surface area contributed by atoms with Gasteiger partial charge >= 0.3 is 0 Å². The van der Waals surface area contributed by atoms with Crippen LogP contribution < -0.4 is 15.0 Å². The van der Waals surface area contributed by atoms with Crippen LogP contribution >= 0.6 is 0 Å². The highest BCUT2D eigenvalue weighted by atomic mass is 16.5. The second-order valence-electron chi connectivity index (χ2n) is 6.01. The van der Waals surface area contributed by atoms with E-state index in [4.69, 9.17) is 4.74 Å². The van der Waals surface area contributed by atoms with E-state index in [0.717, 1.165) is 44.3 Å². The van der Waals surface area contributed by atoms with Crippen LogP contribution in [0.1, 0.15) is 32.1 Å². The summed E-state index contributed by atoms with van der Waals surface area (Å²) in [6.07, 6.45) is 6.82. The van der Waals surface area contributed by atoms with E-state index in [1.54, 1.807) is 0 Å². The summed E-state index contributed by atoms with van der Waals surface area (Å²) in [7, 11) is 0. The number of rotatable bonds is 5. The number of benzene rings is 1. The van der Waals surface area contributed by atoms with Crippen molar-refractivity contribution in [2.24, 2.45) is 5.92 Å². The van der Waals surface area contributed by atoms with E-state index in [9.17, 15) is 0 Å². The molecule has 0 atom stereocenters. The zero-order valence-electron chi connectivity index (χ0n) is 12.3. The van der Waals surface area contributed by atoms with E-state index < -0.39 is 0 Å². The summed E-state index contributed by atoms with van der Waals surface area (Å²) < 4.78 is 5.80. The number of nitrogens with one attached hydrogen (secondary N) is 1. The predicted octanol–water partition coefficient (Wildman–Crippen LogP) is 3.06. The van der Waals surface area contributed by atoms with Crippen molar-refractivity contribution < 1.29 is 4.74 Å². The van der Waals surface area contributed by atoms with E-state index in [0.29, 0.717) is 0 Å². The summed E-state index contributed by atoms with van der Waals surface area (Å²) >= 11 is 0. The smallest absolute Gasteiger partial charge is 0.142 e. The Morgan fingerprint density at radius 1 is 1.15 bits per heavy atom. The van der Waals surface area contributed by atoms with Gasteiger partial charge in [-0.15, -0.1) is 0 Å². The van der Waals surface area contributed by atoms with Gasteiger partial charge in [-0.05, 0) is 43.9 Å². The maximum Gasteiger partial charge on any atom is 0.142 e. The highest BCUT2D eigenvalue weighted by molar-refractivity contribution is 5.58. The number of para-hydroxylation sites is 2. The maximum absolute atomic E-state index is 5.80. The molecule has 1 heterocycles. The van der Waals surface area contributed by atoms with Crippen LogP contribution in [0.5, 0.6) is 5.75 Å². The molecule has 0 spiro atoms. The molecule has 3 heteroatoms. The lowest BCUT2D eigenvalue weighted by Crippen LogP contribution is -2.34. The van der Waals surface area contributed by atoms with Gasteiger partial charge in [0.05, 0.1) is 12.3 Å². The Kier molecular flexibility index (Phi) is 4.80. The minimum atomic E-state index is 0.836. The van der Waals surface area contributed by atoms with E-state index >= 15 is 0 Å². The van der Waals surface area contributed by atoms with E-state index in [2.05, 4.69) is 34.5 Å². The highest BCUT2D eigenvalue weighted by Crippen LogP contribution is 2.30. The Labute approximate surface area is 122 Å². The average molecular weight is 274 g/mol. The molecule has 0 amide bonds. The molecule has 0 unspecified atom stereocenters. The molecule has 0 radical (unpaired) electrons. The van der Waals surface area contributed by atoms with Crippen molar-refractivity contribution in [1.82, 2.24) is 5.32 Å². The average Bonchev–Trinajstić information content (AvgIpc) is 2.91. The van der Waals surface area contributed by atoms with Gasteiger partial charge < -0.3 is 15.0 Å². The van der Waals surface area contributed by atoms with Crippen LogP contribution in [0.25, 0.3) is 0 Å². The Morgan fingerprint density at radius 3 is 2.90 bits per heavy atom. The summed E-state index contributed by atoms with van der Waals surface area (Å²) in [5, 5.41) is 3.64. The molecule has 2 aliphatic rings. The number of hydrogen-bond donors (Lipinski definition) is 1. The van der Waals surface area contributed by atoms with Gasteiger partial charge in [-0.2, -0.15) is 0 Å². The highest BCUT2D eigenvalue weighted by Gasteiger charge is 2.16. The van der Waals surface area contributed by atoms with E-state index in [-0.39, 0.29) is 0 Å². The molecule has 1 fully saturated rings. The number of anilines is 1. The number of fused-ring (bicyclic) bond motifs is 1. The molecule has 3 rings (SSSR count). The molecule has 0 bridgehead atoms. The van der Waals surface area contributed by atoms with Crippen LogP contribution in [0, 0.1) is 5.92 Å². The first-order chi connectivity index (χ1) is 9.93. The van der Waals surface area contributed by atoms with Crippen molar-refractivity contribution in [3.8, 4) is 5.75 Å². The molecule has 3 nitrogen and oxygen atoms in total. The van der Waals surface area contributed by atoms with Crippen molar-refractivity contribution in [3.63, 3.8) is 0 Å². The minimum Gasteiger partial charge on any atom is -0.491 e. The third kappa shape index (κ3) is 3.45. The van der Waals surface area contributed by atoms with Crippen molar-refractivity contribution >= 4 is 5.69 Å². The molecule has 1 aromatic carbocycles. The molecule has 1 N–H and O–H groups in total. The molecule has 1 aliphatic carbocycles. The Bertz CT molecular complexity index is 415. The van der Waals surface area contributed by atoms with Gasteiger partial charge in [-0.25, -0.2) is 0 Å². The fraction of sp³-hybridized carbons (Fsp3) is 0.647. The molecule has 20 heavy (non-hydrogen) atoms. The van der Waals surface area contributed by atoms with E-state index in [1.165, 1.54) is 37.9 Å². The van der Waals surface area contributed by atoms with Gasteiger partial charge in [0.25, 0.3) is 0 Å². The molecule has 0 saturated heterocycles. The van der Waals surface area contributed by atoms with Crippen molar-refractivity contribution in [2.45, 2.75) is 32.1 Å². The largest absolute Gasteiger partial charge is 0.491 e. The lowest BCUT2D eigenvalue weighted by Gasteiger charge is -2.24. The first kappa shape index (κ1) is 13.7. The molecular weight excluding hydrogens is 248 g/mol. The second kappa shape index (κ2) is 6.98. The molecule has 1 aromatic rings. The van der Waals surface area contributed by atoms with Crippen molar-refractivity contribution in [3.05, 3.63) is 24.3 Å². The number of hydrogen-bond acceptors (Lipinski definition) is 3. The number of nitrogens with zero attached hydrogens (tertiary/aromatic N) is 1. The molecular formula is C17H26N2O. The Balaban J connectivity index is 1.49. The van der Waals surface area contributed by atoms with Crippen LogP contribution in [-0.2, 0) is 0 Å². The first-order valence-corrected chi connectivity index (χ1v) is 8.11. The third-order valence-corrected chi connectivity index (χ3v) is 4.50. The second-order valence-corrected chi connectivity index (χ2v) is 6.01. The van der Waals surface area contributed by atoms with Gasteiger partial charge in [0.2, 0.25) is 0 Å². The lowest BCUT2D eigenvalue weighted by molar-refractivity contribution is 0.322. The van der Waals surface area contributed by atoms with Crippen LogP contribution in [0.2, 0.25) is 0 Å². The minimum absolute atomic E-state index is 0.836. The first-order valence-electron chi connectivity index (χ1n) is 8.11. The fourth-order valence-corrected chi connectivity index (χ4v) is 3.37. The van der Waals surface area contributed by atoms with Crippen LogP contribution in [0.3, 0.4) is 0 Å². The summed E-state index contributed by atoms with van der Waals surface area (Å²) in [5.74, 6) is 1.97. The van der Waals surface area contributed by atoms with Gasteiger partial charge in [-0.1, -0.05) is 25.0 Å². The van der Waals surface area contributed by atoms with Crippen LogP contribution in [-0.4, -0.2) is 32.8 Å². The SMILES string of the molecule is c1ccc2c(c1)OCCCN2CCNCC1CCCC1. The topological polar surface area (TPSA) is 24.5 Å². The van der Waals surface area contributed by atoms with Gasteiger partial charge in [0.1, 0.15) is 5.75 Å². The maximum atomic E-state index is 5.80. The molecule has 1 aliphatic heterocycles. The zero-order valence-corrected chi connectivity index (χ0v) is 12.3. The number of ether oxygens (including phenoxy) is 1. The zero-order chi connectivity index (χ0) is 13.6. The molecule has 1 saturated carbocycles. The third-order valence-electron chi connectivity index (χ3n) is 4.50. The van der Waals surface area contributed by atoms with Gasteiger partial charge in [-0.3, -0.25) is 0 Å². The predicted molar refractivity (Wildman–Crippen MR) is 83.6 cm³/mol. The molecule has 110 valence electrons. The standard InChI is InChI=1S/C17H26N2O/c1-2-7-15(6-1)14-18-10-12-19-11-5-13-20-17-9-4-3-8-16(17)19/h3-4,8-9,15,18H,1-2,5-7,10-14H2. The van der Waals surface area contributed by atoms with Crippen LogP contribution in [0.4, 0.5) is 5.69 Å². The summed E-state index contributed by atoms with van der Waals surface area (Å²) in [4.78, 5) is 2.46. The normalized spacial score (nSPS) is 19.5. The summed E-state index contributed by atoms with van der Waals surface area (Å²) in [6.45, 7) is 5.29. The Hall–Kier alpha value is -1.22. The lowest BCUT2D eigenvalue weighted by atomic mass is 10.1. The Morgan fingerprint density at radius 2 is 2.00 bits per heavy atom. The van der Waals surface area contributed by atoms with E-state index in [1.807, 2.05) is 0 Å².